The molecule has 1 heterocycles. The molecule has 2 unspecified atom stereocenters. The van der Waals surface area contributed by atoms with Crippen LogP contribution in [0.25, 0.3) is 0 Å². The van der Waals surface area contributed by atoms with Crippen LogP contribution in [0, 0.1) is 5.82 Å². The van der Waals surface area contributed by atoms with Gasteiger partial charge in [0.2, 0.25) is 0 Å². The lowest BCUT2D eigenvalue weighted by Gasteiger charge is -2.15. The molecule has 2 nitrogen and oxygen atoms in total. The van der Waals surface area contributed by atoms with Gasteiger partial charge in [-0.05, 0) is 25.3 Å². The van der Waals surface area contributed by atoms with Gasteiger partial charge in [0.15, 0.2) is 0 Å². The maximum Gasteiger partial charge on any atom is 0.131 e. The van der Waals surface area contributed by atoms with Crippen molar-refractivity contribution in [1.29, 1.82) is 0 Å². The minimum atomic E-state index is -0.344. The Labute approximate surface area is 106 Å². The van der Waals surface area contributed by atoms with Crippen molar-refractivity contribution in [2.24, 2.45) is 0 Å². The van der Waals surface area contributed by atoms with E-state index in [-0.39, 0.29) is 17.3 Å². The van der Waals surface area contributed by atoms with Crippen LogP contribution in [0.4, 0.5) is 4.39 Å². The third-order valence-electron chi connectivity index (χ3n) is 3.04. The Kier molecular flexibility index (Phi) is 4.24. The van der Waals surface area contributed by atoms with Crippen molar-refractivity contribution in [3.8, 4) is 5.75 Å². The monoisotopic (exact) mass is 258 g/mol. The topological polar surface area (TPSA) is 18.5 Å². The molecule has 1 saturated heterocycles. The van der Waals surface area contributed by atoms with Gasteiger partial charge in [-0.2, -0.15) is 0 Å². The lowest BCUT2D eigenvalue weighted by molar-refractivity contribution is 0.103. The number of halogens is 2. The zero-order chi connectivity index (χ0) is 12.3. The summed E-state index contributed by atoms with van der Waals surface area (Å²) in [5.74, 6) is 0.189. The van der Waals surface area contributed by atoms with Gasteiger partial charge in [-0.15, -0.1) is 11.6 Å². The van der Waals surface area contributed by atoms with Crippen LogP contribution in [0.5, 0.6) is 5.75 Å². The molecule has 1 aromatic rings. The maximum atomic E-state index is 13.8. The highest BCUT2D eigenvalue weighted by Crippen LogP contribution is 2.32. The zero-order valence-corrected chi connectivity index (χ0v) is 10.5. The highest BCUT2D eigenvalue weighted by Gasteiger charge is 2.22. The summed E-state index contributed by atoms with van der Waals surface area (Å²) in [6.45, 7) is 0.791. The smallest absolute Gasteiger partial charge is 0.131 e. The summed E-state index contributed by atoms with van der Waals surface area (Å²) in [4.78, 5) is 0. The van der Waals surface area contributed by atoms with Crippen LogP contribution in [-0.2, 0) is 4.74 Å². The highest BCUT2D eigenvalue weighted by molar-refractivity contribution is 6.20. The minimum Gasteiger partial charge on any atom is -0.497 e. The van der Waals surface area contributed by atoms with E-state index in [2.05, 4.69) is 0 Å². The Morgan fingerprint density at radius 3 is 3.00 bits per heavy atom. The van der Waals surface area contributed by atoms with Crippen molar-refractivity contribution in [3.63, 3.8) is 0 Å². The van der Waals surface area contributed by atoms with Crippen LogP contribution in [-0.4, -0.2) is 19.8 Å². The maximum absolute atomic E-state index is 13.8. The Morgan fingerprint density at radius 2 is 2.41 bits per heavy atom. The van der Waals surface area contributed by atoms with Crippen molar-refractivity contribution >= 4 is 11.6 Å². The van der Waals surface area contributed by atoms with E-state index in [1.54, 1.807) is 12.1 Å². The Hall–Kier alpha value is -0.800. The molecule has 0 aromatic heterocycles. The molecular formula is C13H16ClFO2. The molecule has 1 aliphatic heterocycles. The summed E-state index contributed by atoms with van der Waals surface area (Å²) in [6, 6.07) is 4.77. The van der Waals surface area contributed by atoms with E-state index in [0.29, 0.717) is 17.7 Å². The van der Waals surface area contributed by atoms with Gasteiger partial charge in [-0.25, -0.2) is 4.39 Å². The normalized spacial score (nSPS) is 21.5. The SMILES string of the molecule is COc1ccc(C(Cl)CC2CCCO2)c(F)c1. The van der Waals surface area contributed by atoms with Gasteiger partial charge < -0.3 is 9.47 Å². The van der Waals surface area contributed by atoms with E-state index in [0.717, 1.165) is 19.4 Å². The third kappa shape index (κ3) is 3.11. The van der Waals surface area contributed by atoms with Crippen molar-refractivity contribution < 1.29 is 13.9 Å². The fourth-order valence-electron chi connectivity index (χ4n) is 2.08. The van der Waals surface area contributed by atoms with Gasteiger partial charge in [0.25, 0.3) is 0 Å². The standard InChI is InChI=1S/C13H16ClFO2/c1-16-9-4-5-11(13(15)8-9)12(14)7-10-3-2-6-17-10/h4-5,8,10,12H,2-3,6-7H2,1H3. The van der Waals surface area contributed by atoms with E-state index in [1.807, 2.05) is 0 Å². The van der Waals surface area contributed by atoms with E-state index < -0.39 is 0 Å². The van der Waals surface area contributed by atoms with Crippen LogP contribution >= 0.6 is 11.6 Å². The van der Waals surface area contributed by atoms with E-state index in [4.69, 9.17) is 21.1 Å². The summed E-state index contributed by atoms with van der Waals surface area (Å²) in [7, 11) is 1.51. The zero-order valence-electron chi connectivity index (χ0n) is 9.79. The molecule has 0 N–H and O–H groups in total. The molecule has 1 aliphatic rings. The first-order chi connectivity index (χ1) is 8.20. The molecular weight excluding hydrogens is 243 g/mol. The van der Waals surface area contributed by atoms with E-state index in [1.165, 1.54) is 13.2 Å². The molecule has 0 amide bonds. The summed E-state index contributed by atoms with van der Waals surface area (Å²) < 4.78 is 24.2. The molecule has 0 saturated carbocycles. The predicted octanol–water partition coefficient (Wildman–Crippen LogP) is 3.68. The van der Waals surface area contributed by atoms with E-state index in [9.17, 15) is 4.39 Å². The van der Waals surface area contributed by atoms with Crippen LogP contribution in [0.1, 0.15) is 30.2 Å². The van der Waals surface area contributed by atoms with E-state index >= 15 is 0 Å². The first-order valence-electron chi connectivity index (χ1n) is 5.80. The van der Waals surface area contributed by atoms with Crippen molar-refractivity contribution in [1.82, 2.24) is 0 Å². The number of benzene rings is 1. The Bertz CT molecular complexity index is 378. The quantitative estimate of drug-likeness (QED) is 0.767. The summed E-state index contributed by atoms with van der Waals surface area (Å²) >= 11 is 6.23. The average molecular weight is 259 g/mol. The van der Waals surface area contributed by atoms with Crippen LogP contribution in [0.2, 0.25) is 0 Å². The second-order valence-electron chi connectivity index (χ2n) is 4.23. The number of rotatable bonds is 4. The van der Waals surface area contributed by atoms with Crippen molar-refractivity contribution in [3.05, 3.63) is 29.6 Å². The summed E-state index contributed by atoms with van der Waals surface area (Å²) in [5, 5.41) is -0.344. The van der Waals surface area contributed by atoms with Gasteiger partial charge in [0.1, 0.15) is 11.6 Å². The molecule has 0 radical (unpaired) electrons. The fourth-order valence-corrected chi connectivity index (χ4v) is 2.45. The van der Waals surface area contributed by atoms with Crippen LogP contribution in [0.3, 0.4) is 0 Å². The third-order valence-corrected chi connectivity index (χ3v) is 3.45. The fraction of sp³-hybridized carbons (Fsp3) is 0.538. The predicted molar refractivity (Wildman–Crippen MR) is 65.1 cm³/mol. The molecule has 17 heavy (non-hydrogen) atoms. The summed E-state index contributed by atoms with van der Waals surface area (Å²) in [5.41, 5.74) is 0.517. The number of ether oxygens (including phenoxy) is 2. The number of alkyl halides is 1. The largest absolute Gasteiger partial charge is 0.497 e. The molecule has 94 valence electrons. The lowest BCUT2D eigenvalue weighted by atomic mass is 10.0. The van der Waals surface area contributed by atoms with Crippen molar-refractivity contribution in [2.75, 3.05) is 13.7 Å². The molecule has 2 atom stereocenters. The van der Waals surface area contributed by atoms with Gasteiger partial charge in [0.05, 0.1) is 18.6 Å². The van der Waals surface area contributed by atoms with Gasteiger partial charge in [-0.3, -0.25) is 0 Å². The molecule has 0 aliphatic carbocycles. The molecule has 0 spiro atoms. The number of hydrogen-bond donors (Lipinski definition) is 0. The molecule has 1 aromatic carbocycles. The lowest BCUT2D eigenvalue weighted by Crippen LogP contribution is -2.09. The first kappa shape index (κ1) is 12.7. The molecule has 2 rings (SSSR count). The molecule has 4 heteroatoms. The average Bonchev–Trinajstić information content (AvgIpc) is 2.81. The minimum absolute atomic E-state index is 0.166. The van der Waals surface area contributed by atoms with Crippen LogP contribution in [0.15, 0.2) is 18.2 Å². The first-order valence-corrected chi connectivity index (χ1v) is 6.23. The number of methoxy groups -OCH3 is 1. The molecule has 1 fully saturated rings. The van der Waals surface area contributed by atoms with Crippen LogP contribution < -0.4 is 4.74 Å². The van der Waals surface area contributed by atoms with Gasteiger partial charge in [-0.1, -0.05) is 6.07 Å². The summed E-state index contributed by atoms with van der Waals surface area (Å²) in [6.07, 6.45) is 2.91. The Balaban J connectivity index is 2.04. The van der Waals surface area contributed by atoms with Gasteiger partial charge in [0, 0.05) is 18.2 Å². The number of hydrogen-bond acceptors (Lipinski definition) is 2. The molecule has 0 bridgehead atoms. The second-order valence-corrected chi connectivity index (χ2v) is 4.75. The Morgan fingerprint density at radius 1 is 1.59 bits per heavy atom. The highest BCUT2D eigenvalue weighted by atomic mass is 35.5. The second kappa shape index (κ2) is 5.69. The van der Waals surface area contributed by atoms with Gasteiger partial charge >= 0.3 is 0 Å². The van der Waals surface area contributed by atoms with Crippen molar-refractivity contribution in [2.45, 2.75) is 30.7 Å².